The van der Waals surface area contributed by atoms with Gasteiger partial charge in [0.15, 0.2) is 0 Å². The SMILES string of the molecule is CC(C)c1ccc(N)c(O)c1. The van der Waals surface area contributed by atoms with Gasteiger partial charge < -0.3 is 10.8 Å². The minimum atomic E-state index is 0.177. The Morgan fingerprint density at radius 1 is 1.36 bits per heavy atom. The first-order valence-corrected chi connectivity index (χ1v) is 3.69. The first-order chi connectivity index (χ1) is 5.11. The van der Waals surface area contributed by atoms with Crippen molar-refractivity contribution in [1.29, 1.82) is 0 Å². The molecule has 11 heavy (non-hydrogen) atoms. The number of phenols is 1. The van der Waals surface area contributed by atoms with Crippen LogP contribution >= 0.6 is 0 Å². The van der Waals surface area contributed by atoms with Gasteiger partial charge in [0.05, 0.1) is 5.69 Å². The Morgan fingerprint density at radius 3 is 2.45 bits per heavy atom. The largest absolute Gasteiger partial charge is 0.506 e. The topological polar surface area (TPSA) is 46.2 Å². The van der Waals surface area contributed by atoms with Gasteiger partial charge in [-0.25, -0.2) is 0 Å². The summed E-state index contributed by atoms with van der Waals surface area (Å²) in [5.74, 6) is 0.609. The summed E-state index contributed by atoms with van der Waals surface area (Å²) in [5.41, 5.74) is 6.99. The smallest absolute Gasteiger partial charge is 0.138 e. The second kappa shape index (κ2) is 2.82. The van der Waals surface area contributed by atoms with E-state index in [1.807, 2.05) is 6.07 Å². The predicted molar refractivity (Wildman–Crippen MR) is 46.6 cm³/mol. The van der Waals surface area contributed by atoms with Crippen molar-refractivity contribution in [3.8, 4) is 5.75 Å². The summed E-state index contributed by atoms with van der Waals surface area (Å²) in [6.45, 7) is 4.15. The number of nitrogens with two attached hydrogens (primary N) is 1. The number of hydrogen-bond acceptors (Lipinski definition) is 2. The summed E-state index contributed by atoms with van der Waals surface area (Å²) in [4.78, 5) is 0. The molecule has 60 valence electrons. The van der Waals surface area contributed by atoms with Crippen LogP contribution in [0, 0.1) is 0 Å². The van der Waals surface area contributed by atoms with E-state index in [1.165, 1.54) is 0 Å². The number of phenolic OH excluding ortho intramolecular Hbond substituents is 1. The van der Waals surface area contributed by atoms with Crippen LogP contribution < -0.4 is 5.73 Å². The van der Waals surface area contributed by atoms with Crippen LogP contribution in [0.4, 0.5) is 5.69 Å². The number of benzene rings is 1. The average molecular weight is 151 g/mol. The molecule has 1 aromatic rings. The Labute approximate surface area is 66.7 Å². The molecule has 0 aliphatic carbocycles. The molecule has 1 aromatic carbocycles. The van der Waals surface area contributed by atoms with E-state index < -0.39 is 0 Å². The lowest BCUT2D eigenvalue weighted by Gasteiger charge is -2.06. The van der Waals surface area contributed by atoms with Crippen LogP contribution in [0.2, 0.25) is 0 Å². The van der Waals surface area contributed by atoms with Gasteiger partial charge in [-0.1, -0.05) is 19.9 Å². The minimum absolute atomic E-state index is 0.177. The highest BCUT2D eigenvalue weighted by Crippen LogP contribution is 2.24. The molecule has 0 atom stereocenters. The Balaban J connectivity index is 3.05. The molecule has 0 amide bonds. The molecular weight excluding hydrogens is 138 g/mol. The summed E-state index contributed by atoms with van der Waals surface area (Å²) >= 11 is 0. The molecule has 1 rings (SSSR count). The van der Waals surface area contributed by atoms with Crippen LogP contribution in [-0.2, 0) is 0 Å². The molecule has 3 N–H and O–H groups in total. The maximum Gasteiger partial charge on any atom is 0.138 e. The Bertz CT molecular complexity index is 256. The van der Waals surface area contributed by atoms with Gasteiger partial charge in [-0.2, -0.15) is 0 Å². The molecule has 0 bridgehead atoms. The first-order valence-electron chi connectivity index (χ1n) is 3.69. The molecule has 0 aromatic heterocycles. The maximum atomic E-state index is 9.22. The van der Waals surface area contributed by atoms with Gasteiger partial charge in [-0.05, 0) is 23.6 Å². The molecule has 0 radical (unpaired) electrons. The van der Waals surface area contributed by atoms with Crippen LogP contribution in [0.3, 0.4) is 0 Å². The second-order valence-corrected chi connectivity index (χ2v) is 2.97. The fourth-order valence-electron chi connectivity index (χ4n) is 0.920. The van der Waals surface area contributed by atoms with E-state index in [2.05, 4.69) is 13.8 Å². The zero-order chi connectivity index (χ0) is 8.43. The van der Waals surface area contributed by atoms with E-state index in [-0.39, 0.29) is 5.75 Å². The zero-order valence-electron chi connectivity index (χ0n) is 6.83. The molecule has 0 aliphatic rings. The third-order valence-corrected chi connectivity index (χ3v) is 1.72. The van der Waals surface area contributed by atoms with E-state index in [9.17, 15) is 5.11 Å². The lowest BCUT2D eigenvalue weighted by atomic mass is 10.0. The van der Waals surface area contributed by atoms with Gasteiger partial charge in [0, 0.05) is 0 Å². The minimum Gasteiger partial charge on any atom is -0.506 e. The van der Waals surface area contributed by atoms with Gasteiger partial charge in [-0.3, -0.25) is 0 Å². The highest BCUT2D eigenvalue weighted by molar-refractivity contribution is 5.53. The van der Waals surface area contributed by atoms with Crippen LogP contribution in [0.15, 0.2) is 18.2 Å². The first kappa shape index (κ1) is 7.92. The van der Waals surface area contributed by atoms with Gasteiger partial charge in [0.1, 0.15) is 5.75 Å². The second-order valence-electron chi connectivity index (χ2n) is 2.97. The van der Waals surface area contributed by atoms with E-state index in [1.54, 1.807) is 12.1 Å². The molecule has 0 saturated carbocycles. The fraction of sp³-hybridized carbons (Fsp3) is 0.333. The maximum absolute atomic E-state index is 9.22. The number of hydrogen-bond donors (Lipinski definition) is 2. The Morgan fingerprint density at radius 2 is 2.00 bits per heavy atom. The van der Waals surface area contributed by atoms with Crippen molar-refractivity contribution in [2.45, 2.75) is 19.8 Å². The monoisotopic (exact) mass is 151 g/mol. The standard InChI is InChI=1S/C9H13NO/c1-6(2)7-3-4-8(10)9(11)5-7/h3-6,11H,10H2,1-2H3. The van der Waals surface area contributed by atoms with Crippen molar-refractivity contribution in [2.24, 2.45) is 0 Å². The molecule has 0 unspecified atom stereocenters. The number of aromatic hydroxyl groups is 1. The fourth-order valence-corrected chi connectivity index (χ4v) is 0.920. The summed E-state index contributed by atoms with van der Waals surface area (Å²) in [7, 11) is 0. The van der Waals surface area contributed by atoms with Crippen LogP contribution in [-0.4, -0.2) is 5.11 Å². The van der Waals surface area contributed by atoms with E-state index in [0.29, 0.717) is 11.6 Å². The number of rotatable bonds is 1. The quantitative estimate of drug-likeness (QED) is 0.477. The molecule has 0 saturated heterocycles. The van der Waals surface area contributed by atoms with Crippen molar-refractivity contribution in [3.05, 3.63) is 23.8 Å². The van der Waals surface area contributed by atoms with Crippen LogP contribution in [0.5, 0.6) is 5.75 Å². The zero-order valence-corrected chi connectivity index (χ0v) is 6.83. The van der Waals surface area contributed by atoms with Crippen molar-refractivity contribution in [2.75, 3.05) is 5.73 Å². The van der Waals surface area contributed by atoms with Crippen molar-refractivity contribution < 1.29 is 5.11 Å². The van der Waals surface area contributed by atoms with Crippen molar-refractivity contribution in [3.63, 3.8) is 0 Å². The van der Waals surface area contributed by atoms with Gasteiger partial charge in [0.25, 0.3) is 0 Å². The van der Waals surface area contributed by atoms with Gasteiger partial charge >= 0.3 is 0 Å². The van der Waals surface area contributed by atoms with E-state index in [0.717, 1.165) is 5.56 Å². The van der Waals surface area contributed by atoms with Crippen molar-refractivity contribution >= 4 is 5.69 Å². The van der Waals surface area contributed by atoms with Gasteiger partial charge in [-0.15, -0.1) is 0 Å². The van der Waals surface area contributed by atoms with Crippen LogP contribution in [0.1, 0.15) is 25.3 Å². The molecule has 2 heteroatoms. The molecule has 2 nitrogen and oxygen atoms in total. The highest BCUT2D eigenvalue weighted by Gasteiger charge is 2.01. The molecule has 0 fully saturated rings. The predicted octanol–water partition coefficient (Wildman–Crippen LogP) is 2.10. The summed E-state index contributed by atoms with van der Waals surface area (Å²) < 4.78 is 0. The summed E-state index contributed by atoms with van der Waals surface area (Å²) in [5, 5.41) is 9.22. The summed E-state index contributed by atoms with van der Waals surface area (Å²) in [6.07, 6.45) is 0. The Kier molecular flexibility index (Phi) is 2.03. The van der Waals surface area contributed by atoms with Crippen molar-refractivity contribution in [1.82, 2.24) is 0 Å². The molecule has 0 spiro atoms. The lowest BCUT2D eigenvalue weighted by Crippen LogP contribution is -1.90. The molecule has 0 heterocycles. The highest BCUT2D eigenvalue weighted by atomic mass is 16.3. The third-order valence-electron chi connectivity index (χ3n) is 1.72. The van der Waals surface area contributed by atoms with E-state index in [4.69, 9.17) is 5.73 Å². The average Bonchev–Trinajstić information content (AvgIpc) is 1.94. The number of anilines is 1. The molecule has 0 aliphatic heterocycles. The summed E-state index contributed by atoms with van der Waals surface area (Å²) in [6, 6.07) is 5.37. The molecular formula is C9H13NO. The third kappa shape index (κ3) is 1.64. The lowest BCUT2D eigenvalue weighted by molar-refractivity contribution is 0.477. The Hall–Kier alpha value is -1.18. The van der Waals surface area contributed by atoms with E-state index >= 15 is 0 Å². The van der Waals surface area contributed by atoms with Crippen LogP contribution in [0.25, 0.3) is 0 Å². The number of nitrogen functional groups attached to an aromatic ring is 1. The normalized spacial score (nSPS) is 10.5. The van der Waals surface area contributed by atoms with Gasteiger partial charge in [0.2, 0.25) is 0 Å².